The SMILES string of the molecule is O=C1CN(C(=O)COC(=O)c2ccccc2NCCc2ccc(F)cc2)c2ccccc2N1. The van der Waals surface area contributed by atoms with Crippen LogP contribution in [0.3, 0.4) is 0 Å². The lowest BCUT2D eigenvalue weighted by atomic mass is 10.1. The Kier molecular flexibility index (Phi) is 6.64. The molecule has 33 heavy (non-hydrogen) atoms. The average Bonchev–Trinajstić information content (AvgIpc) is 2.83. The molecule has 168 valence electrons. The van der Waals surface area contributed by atoms with E-state index in [-0.39, 0.29) is 18.3 Å². The van der Waals surface area contributed by atoms with Gasteiger partial charge in [0, 0.05) is 12.2 Å². The highest BCUT2D eigenvalue weighted by molar-refractivity contribution is 6.10. The van der Waals surface area contributed by atoms with Crippen molar-refractivity contribution in [2.75, 3.05) is 35.2 Å². The molecular formula is C25H22FN3O4. The van der Waals surface area contributed by atoms with Crippen LogP contribution < -0.4 is 15.5 Å². The number of benzene rings is 3. The molecule has 0 radical (unpaired) electrons. The molecule has 2 N–H and O–H groups in total. The highest BCUT2D eigenvalue weighted by Gasteiger charge is 2.27. The van der Waals surface area contributed by atoms with E-state index >= 15 is 0 Å². The van der Waals surface area contributed by atoms with Crippen LogP contribution in [0.5, 0.6) is 0 Å². The van der Waals surface area contributed by atoms with Gasteiger partial charge in [0.1, 0.15) is 12.4 Å². The number of amides is 2. The Hall–Kier alpha value is -4.20. The summed E-state index contributed by atoms with van der Waals surface area (Å²) in [5.74, 6) is -1.75. The zero-order chi connectivity index (χ0) is 23.2. The third-order valence-electron chi connectivity index (χ3n) is 5.19. The first-order chi connectivity index (χ1) is 16.0. The third kappa shape index (κ3) is 5.35. The normalized spacial score (nSPS) is 12.5. The zero-order valence-electron chi connectivity index (χ0n) is 17.7. The number of hydrogen-bond donors (Lipinski definition) is 2. The van der Waals surface area contributed by atoms with Gasteiger partial charge in [-0.05, 0) is 48.4 Å². The Balaban J connectivity index is 1.36. The summed E-state index contributed by atoms with van der Waals surface area (Å²) in [6.45, 7) is -0.117. The number of nitrogens with one attached hydrogen (secondary N) is 2. The first-order valence-electron chi connectivity index (χ1n) is 10.4. The maximum Gasteiger partial charge on any atom is 0.340 e. The number of hydrogen-bond acceptors (Lipinski definition) is 5. The summed E-state index contributed by atoms with van der Waals surface area (Å²) < 4.78 is 18.3. The average molecular weight is 447 g/mol. The van der Waals surface area contributed by atoms with Crippen LogP contribution in [0.15, 0.2) is 72.8 Å². The van der Waals surface area contributed by atoms with Crippen molar-refractivity contribution >= 4 is 34.8 Å². The van der Waals surface area contributed by atoms with E-state index in [1.54, 1.807) is 60.7 Å². The van der Waals surface area contributed by atoms with Crippen molar-refractivity contribution in [1.29, 1.82) is 0 Å². The Morgan fingerprint density at radius 3 is 2.55 bits per heavy atom. The second-order valence-corrected chi connectivity index (χ2v) is 7.47. The molecule has 0 spiro atoms. The van der Waals surface area contributed by atoms with Crippen LogP contribution in [-0.4, -0.2) is 37.5 Å². The second kappa shape index (κ2) is 9.95. The number of halogens is 1. The van der Waals surface area contributed by atoms with E-state index in [4.69, 9.17) is 4.74 Å². The van der Waals surface area contributed by atoms with Crippen LogP contribution in [0.1, 0.15) is 15.9 Å². The quantitative estimate of drug-likeness (QED) is 0.540. The lowest BCUT2D eigenvalue weighted by molar-refractivity contribution is -0.124. The monoisotopic (exact) mass is 447 g/mol. The number of esters is 1. The molecule has 1 aliphatic rings. The highest BCUT2D eigenvalue weighted by atomic mass is 19.1. The van der Waals surface area contributed by atoms with Crippen molar-refractivity contribution < 1.29 is 23.5 Å². The molecular weight excluding hydrogens is 425 g/mol. The number of rotatable bonds is 7. The highest BCUT2D eigenvalue weighted by Crippen LogP contribution is 2.29. The molecule has 8 heteroatoms. The minimum Gasteiger partial charge on any atom is -0.452 e. The van der Waals surface area contributed by atoms with Crippen molar-refractivity contribution in [2.45, 2.75) is 6.42 Å². The van der Waals surface area contributed by atoms with Crippen molar-refractivity contribution in [3.8, 4) is 0 Å². The van der Waals surface area contributed by atoms with Gasteiger partial charge in [0.25, 0.3) is 5.91 Å². The molecule has 0 saturated carbocycles. The Bertz CT molecular complexity index is 1180. The summed E-state index contributed by atoms with van der Waals surface area (Å²) >= 11 is 0. The van der Waals surface area contributed by atoms with Crippen LogP contribution in [-0.2, 0) is 20.7 Å². The van der Waals surface area contributed by atoms with Crippen molar-refractivity contribution in [2.24, 2.45) is 0 Å². The number of ether oxygens (including phenoxy) is 1. The van der Waals surface area contributed by atoms with Crippen LogP contribution in [0.4, 0.5) is 21.5 Å². The standard InChI is InChI=1S/C25H22FN3O4/c26-18-11-9-17(10-12-18)13-14-27-20-6-2-1-5-19(20)25(32)33-16-24(31)29-15-23(30)28-21-7-3-4-8-22(21)29/h1-12,27H,13-16H2,(H,28,30). The molecule has 0 aromatic heterocycles. The summed E-state index contributed by atoms with van der Waals surface area (Å²) in [6, 6.07) is 20.0. The Labute approximate surface area is 190 Å². The van der Waals surface area contributed by atoms with Gasteiger partial charge in [0.05, 0.1) is 16.9 Å². The van der Waals surface area contributed by atoms with E-state index in [0.717, 1.165) is 5.56 Å². The summed E-state index contributed by atoms with van der Waals surface area (Å²) in [5, 5.41) is 5.89. The number of nitrogens with zero attached hydrogens (tertiary/aromatic N) is 1. The summed E-state index contributed by atoms with van der Waals surface area (Å²) in [6.07, 6.45) is 0.637. The molecule has 4 rings (SSSR count). The van der Waals surface area contributed by atoms with E-state index in [9.17, 15) is 18.8 Å². The van der Waals surface area contributed by atoms with Gasteiger partial charge in [-0.15, -0.1) is 0 Å². The number of carbonyl (C=O) groups excluding carboxylic acids is 3. The van der Waals surface area contributed by atoms with Crippen LogP contribution in [0.2, 0.25) is 0 Å². The van der Waals surface area contributed by atoms with Gasteiger partial charge in [-0.1, -0.05) is 36.4 Å². The number of carbonyl (C=O) groups is 3. The number of fused-ring (bicyclic) bond motifs is 1. The first kappa shape index (κ1) is 22.0. The third-order valence-corrected chi connectivity index (χ3v) is 5.19. The molecule has 7 nitrogen and oxygen atoms in total. The lowest BCUT2D eigenvalue weighted by Crippen LogP contribution is -2.44. The molecule has 3 aromatic carbocycles. The molecule has 0 bridgehead atoms. The molecule has 0 aliphatic carbocycles. The van der Waals surface area contributed by atoms with Gasteiger partial charge in [-0.25, -0.2) is 9.18 Å². The fraction of sp³-hybridized carbons (Fsp3) is 0.160. The number of para-hydroxylation sites is 3. The molecule has 1 aliphatic heterocycles. The first-order valence-corrected chi connectivity index (χ1v) is 10.4. The van der Waals surface area contributed by atoms with E-state index in [0.29, 0.717) is 35.6 Å². The van der Waals surface area contributed by atoms with Crippen LogP contribution in [0.25, 0.3) is 0 Å². The largest absolute Gasteiger partial charge is 0.452 e. The van der Waals surface area contributed by atoms with Gasteiger partial charge in [-0.2, -0.15) is 0 Å². The lowest BCUT2D eigenvalue weighted by Gasteiger charge is -2.28. The molecule has 0 saturated heterocycles. The summed E-state index contributed by atoms with van der Waals surface area (Å²) in [7, 11) is 0. The van der Waals surface area contributed by atoms with E-state index in [1.807, 2.05) is 0 Å². The predicted octanol–water partition coefficient (Wildman–Crippen LogP) is 3.62. The maximum absolute atomic E-state index is 13.0. The maximum atomic E-state index is 13.0. The fourth-order valence-corrected chi connectivity index (χ4v) is 3.55. The van der Waals surface area contributed by atoms with Gasteiger partial charge < -0.3 is 15.4 Å². The van der Waals surface area contributed by atoms with Crippen LogP contribution >= 0.6 is 0 Å². The van der Waals surface area contributed by atoms with E-state index in [2.05, 4.69) is 10.6 Å². The molecule has 0 atom stereocenters. The van der Waals surface area contributed by atoms with Gasteiger partial charge in [0.2, 0.25) is 5.91 Å². The van der Waals surface area contributed by atoms with Gasteiger partial charge in [0.15, 0.2) is 6.61 Å². The van der Waals surface area contributed by atoms with Crippen molar-refractivity contribution in [1.82, 2.24) is 0 Å². The van der Waals surface area contributed by atoms with E-state index in [1.165, 1.54) is 17.0 Å². The van der Waals surface area contributed by atoms with Crippen molar-refractivity contribution in [3.05, 3.63) is 89.7 Å². The zero-order valence-corrected chi connectivity index (χ0v) is 17.7. The summed E-state index contributed by atoms with van der Waals surface area (Å²) in [4.78, 5) is 38.6. The minimum absolute atomic E-state index is 0.144. The molecule has 2 amide bonds. The van der Waals surface area contributed by atoms with Crippen molar-refractivity contribution in [3.63, 3.8) is 0 Å². The molecule has 0 fully saturated rings. The van der Waals surface area contributed by atoms with Gasteiger partial charge in [-0.3, -0.25) is 14.5 Å². The predicted molar refractivity (Wildman–Crippen MR) is 123 cm³/mol. The van der Waals surface area contributed by atoms with Crippen LogP contribution in [0, 0.1) is 5.82 Å². The Morgan fingerprint density at radius 1 is 1.00 bits per heavy atom. The second-order valence-electron chi connectivity index (χ2n) is 7.47. The van der Waals surface area contributed by atoms with E-state index < -0.39 is 18.5 Å². The molecule has 1 heterocycles. The summed E-state index contributed by atoms with van der Waals surface area (Å²) in [5.41, 5.74) is 2.91. The number of anilines is 3. The molecule has 0 unspecified atom stereocenters. The minimum atomic E-state index is -0.650. The molecule has 3 aromatic rings. The van der Waals surface area contributed by atoms with Gasteiger partial charge >= 0.3 is 5.97 Å². The Morgan fingerprint density at radius 2 is 1.73 bits per heavy atom. The topological polar surface area (TPSA) is 87.7 Å². The smallest absolute Gasteiger partial charge is 0.340 e. The fourth-order valence-electron chi connectivity index (χ4n) is 3.55.